The molecule has 2 heterocycles. The number of carbonyl (C=O) groups excluding carboxylic acids is 2. The molecule has 6 nitrogen and oxygen atoms in total. The largest absolute Gasteiger partial charge is 0.343 e. The second-order valence-corrected chi connectivity index (χ2v) is 7.37. The predicted molar refractivity (Wildman–Crippen MR) is 69.8 cm³/mol. The Hall–Kier alpha value is -1.37. The van der Waals surface area contributed by atoms with Crippen LogP contribution in [-0.4, -0.2) is 49.5 Å². The third-order valence-electron chi connectivity index (χ3n) is 3.25. The lowest BCUT2D eigenvalue weighted by atomic mass is 10.00. The van der Waals surface area contributed by atoms with Crippen molar-refractivity contribution in [1.82, 2.24) is 10.2 Å². The van der Waals surface area contributed by atoms with E-state index in [4.69, 9.17) is 0 Å². The Kier molecular flexibility index (Phi) is 3.66. The molecule has 0 radical (unpaired) electrons. The van der Waals surface area contributed by atoms with Crippen molar-refractivity contribution < 1.29 is 18.0 Å². The molecule has 2 aliphatic heterocycles. The van der Waals surface area contributed by atoms with Gasteiger partial charge >= 0.3 is 0 Å². The highest BCUT2D eigenvalue weighted by Gasteiger charge is 2.38. The van der Waals surface area contributed by atoms with Crippen molar-refractivity contribution in [2.24, 2.45) is 5.92 Å². The maximum atomic E-state index is 12.3. The van der Waals surface area contributed by atoms with Crippen LogP contribution in [0.1, 0.15) is 20.3 Å². The van der Waals surface area contributed by atoms with Gasteiger partial charge in [0.2, 0.25) is 11.8 Å². The summed E-state index contributed by atoms with van der Waals surface area (Å²) >= 11 is 0. The minimum atomic E-state index is -3.23. The fourth-order valence-electron chi connectivity index (χ4n) is 2.40. The molecule has 0 spiro atoms. The minimum absolute atomic E-state index is 0.0715. The van der Waals surface area contributed by atoms with Gasteiger partial charge < -0.3 is 10.2 Å². The van der Waals surface area contributed by atoms with E-state index in [2.05, 4.69) is 5.32 Å². The van der Waals surface area contributed by atoms with E-state index in [-0.39, 0.29) is 30.0 Å². The number of amides is 2. The monoisotopic (exact) mass is 286 g/mol. The zero-order valence-electron chi connectivity index (χ0n) is 11.0. The molecule has 1 saturated heterocycles. The molecule has 2 unspecified atom stereocenters. The van der Waals surface area contributed by atoms with Crippen LogP contribution in [0.25, 0.3) is 0 Å². The van der Waals surface area contributed by atoms with Crippen LogP contribution in [0.2, 0.25) is 0 Å². The molecule has 7 heteroatoms. The number of nitrogens with one attached hydrogen (secondary N) is 1. The van der Waals surface area contributed by atoms with Crippen LogP contribution in [-0.2, 0) is 19.4 Å². The van der Waals surface area contributed by atoms with Gasteiger partial charge in [0.05, 0.1) is 11.8 Å². The van der Waals surface area contributed by atoms with Crippen molar-refractivity contribution in [2.75, 3.05) is 12.3 Å². The molecule has 1 fully saturated rings. The highest BCUT2D eigenvalue weighted by atomic mass is 32.2. The lowest BCUT2D eigenvalue weighted by Gasteiger charge is -2.36. The first-order chi connectivity index (χ1) is 8.78. The predicted octanol–water partition coefficient (Wildman–Crippen LogP) is -0.330. The SMILES string of the molecule is CC(C)CC1NC(=O)CN(C2C=CS(=O)(=O)C2)C1=O. The fourth-order valence-corrected chi connectivity index (χ4v) is 3.70. The zero-order valence-corrected chi connectivity index (χ0v) is 11.8. The Bertz CT molecular complexity index is 524. The summed E-state index contributed by atoms with van der Waals surface area (Å²) in [5.41, 5.74) is 0. The van der Waals surface area contributed by atoms with Gasteiger partial charge in [-0.2, -0.15) is 0 Å². The number of nitrogens with zero attached hydrogens (tertiary/aromatic N) is 1. The number of hydrogen-bond donors (Lipinski definition) is 1. The summed E-state index contributed by atoms with van der Waals surface area (Å²) in [4.78, 5) is 25.3. The highest BCUT2D eigenvalue weighted by Crippen LogP contribution is 2.19. The normalized spacial score (nSPS) is 29.9. The summed E-state index contributed by atoms with van der Waals surface area (Å²) in [6, 6.07) is -1.06. The topological polar surface area (TPSA) is 83.6 Å². The van der Waals surface area contributed by atoms with Crippen molar-refractivity contribution in [3.63, 3.8) is 0 Å². The van der Waals surface area contributed by atoms with Crippen molar-refractivity contribution >= 4 is 21.7 Å². The van der Waals surface area contributed by atoms with Crippen LogP contribution < -0.4 is 5.32 Å². The molecule has 0 aromatic rings. The molecule has 2 rings (SSSR count). The maximum absolute atomic E-state index is 12.3. The Morgan fingerprint density at radius 3 is 2.63 bits per heavy atom. The third-order valence-corrected chi connectivity index (χ3v) is 4.63. The first kappa shape index (κ1) is 14.0. The Balaban J connectivity index is 2.14. The molecule has 0 saturated carbocycles. The number of piperazine rings is 1. The van der Waals surface area contributed by atoms with Gasteiger partial charge in [0.15, 0.2) is 9.84 Å². The summed E-state index contributed by atoms with van der Waals surface area (Å²) in [6.45, 7) is 3.87. The van der Waals surface area contributed by atoms with Gasteiger partial charge in [0.1, 0.15) is 12.6 Å². The molecule has 2 aliphatic rings. The highest BCUT2D eigenvalue weighted by molar-refractivity contribution is 7.94. The van der Waals surface area contributed by atoms with Gasteiger partial charge in [0, 0.05) is 5.41 Å². The lowest BCUT2D eigenvalue weighted by molar-refractivity contribution is -0.145. The summed E-state index contributed by atoms with van der Waals surface area (Å²) in [7, 11) is -3.23. The summed E-state index contributed by atoms with van der Waals surface area (Å²) < 4.78 is 22.8. The van der Waals surface area contributed by atoms with Gasteiger partial charge in [-0.05, 0) is 18.4 Å². The van der Waals surface area contributed by atoms with E-state index in [0.717, 1.165) is 5.41 Å². The molecular weight excluding hydrogens is 268 g/mol. The van der Waals surface area contributed by atoms with E-state index in [1.807, 2.05) is 13.8 Å². The van der Waals surface area contributed by atoms with E-state index in [1.54, 1.807) is 0 Å². The second kappa shape index (κ2) is 4.96. The van der Waals surface area contributed by atoms with Crippen molar-refractivity contribution in [2.45, 2.75) is 32.4 Å². The number of sulfone groups is 1. The Morgan fingerprint density at radius 1 is 1.42 bits per heavy atom. The molecule has 2 atom stereocenters. The molecule has 0 aromatic heterocycles. The number of rotatable bonds is 3. The smallest absolute Gasteiger partial charge is 0.246 e. The van der Waals surface area contributed by atoms with Crippen LogP contribution >= 0.6 is 0 Å². The summed E-state index contributed by atoms with van der Waals surface area (Å²) in [5.74, 6) is -0.277. The first-order valence-electron chi connectivity index (χ1n) is 6.29. The van der Waals surface area contributed by atoms with Gasteiger partial charge in [-0.3, -0.25) is 9.59 Å². The van der Waals surface area contributed by atoms with E-state index in [0.29, 0.717) is 6.42 Å². The third kappa shape index (κ3) is 3.15. The average Bonchev–Trinajstić information content (AvgIpc) is 2.63. The van der Waals surface area contributed by atoms with Crippen LogP contribution in [0.15, 0.2) is 11.5 Å². The van der Waals surface area contributed by atoms with Gasteiger partial charge in [-0.25, -0.2) is 8.42 Å². The average molecular weight is 286 g/mol. The van der Waals surface area contributed by atoms with Gasteiger partial charge in [0.25, 0.3) is 0 Å². The van der Waals surface area contributed by atoms with Crippen LogP contribution in [0.5, 0.6) is 0 Å². The Morgan fingerprint density at radius 2 is 2.11 bits per heavy atom. The van der Waals surface area contributed by atoms with Gasteiger partial charge in [-0.1, -0.05) is 13.8 Å². The van der Waals surface area contributed by atoms with E-state index >= 15 is 0 Å². The fraction of sp³-hybridized carbons (Fsp3) is 0.667. The van der Waals surface area contributed by atoms with E-state index < -0.39 is 21.9 Å². The second-order valence-electron chi connectivity index (χ2n) is 5.44. The Labute approximate surface area is 112 Å². The molecular formula is C12H18N2O4S. The standard InChI is InChI=1S/C12H18N2O4S/c1-8(2)5-10-12(16)14(6-11(15)13-10)9-3-4-19(17,18)7-9/h3-4,8-10H,5-7H2,1-2H3,(H,13,15). The van der Waals surface area contributed by atoms with Crippen molar-refractivity contribution in [3.8, 4) is 0 Å². The number of hydrogen-bond acceptors (Lipinski definition) is 4. The zero-order chi connectivity index (χ0) is 14.2. The van der Waals surface area contributed by atoms with Crippen LogP contribution in [0.3, 0.4) is 0 Å². The lowest BCUT2D eigenvalue weighted by Crippen LogP contribution is -2.61. The minimum Gasteiger partial charge on any atom is -0.343 e. The van der Waals surface area contributed by atoms with Crippen LogP contribution in [0, 0.1) is 5.92 Å². The molecule has 0 aromatic carbocycles. The molecule has 19 heavy (non-hydrogen) atoms. The number of carbonyl (C=O) groups is 2. The first-order valence-corrected chi connectivity index (χ1v) is 8.01. The van der Waals surface area contributed by atoms with Crippen LogP contribution in [0.4, 0.5) is 0 Å². The molecule has 1 N–H and O–H groups in total. The summed E-state index contributed by atoms with van der Waals surface area (Å²) in [5, 5.41) is 3.79. The quantitative estimate of drug-likeness (QED) is 0.770. The van der Waals surface area contributed by atoms with Crippen molar-refractivity contribution in [1.29, 1.82) is 0 Å². The summed E-state index contributed by atoms with van der Waals surface area (Å²) in [6.07, 6.45) is 2.04. The maximum Gasteiger partial charge on any atom is 0.246 e. The molecule has 0 aliphatic carbocycles. The van der Waals surface area contributed by atoms with E-state index in [1.165, 1.54) is 11.0 Å². The van der Waals surface area contributed by atoms with Gasteiger partial charge in [-0.15, -0.1) is 0 Å². The molecule has 106 valence electrons. The molecule has 2 amide bonds. The van der Waals surface area contributed by atoms with E-state index in [9.17, 15) is 18.0 Å². The molecule has 0 bridgehead atoms. The van der Waals surface area contributed by atoms with Crippen molar-refractivity contribution in [3.05, 3.63) is 11.5 Å².